The van der Waals surface area contributed by atoms with Crippen LogP contribution in [0, 0.1) is 6.92 Å². The summed E-state index contributed by atoms with van der Waals surface area (Å²) in [5.74, 6) is 0.991. The molecule has 0 atom stereocenters. The molecule has 1 fully saturated rings. The largest absolute Gasteiger partial charge is 0.378 e. The summed E-state index contributed by atoms with van der Waals surface area (Å²) >= 11 is 1.62. The Bertz CT molecular complexity index is 1190. The van der Waals surface area contributed by atoms with Crippen LogP contribution >= 0.6 is 11.3 Å². The van der Waals surface area contributed by atoms with Crippen LogP contribution < -0.4 is 4.90 Å². The van der Waals surface area contributed by atoms with E-state index in [1.807, 2.05) is 53.2 Å². The lowest BCUT2D eigenvalue weighted by atomic mass is 10.0. The van der Waals surface area contributed by atoms with Crippen molar-refractivity contribution in [3.8, 4) is 11.3 Å². The van der Waals surface area contributed by atoms with E-state index in [9.17, 15) is 4.79 Å². The van der Waals surface area contributed by atoms with Crippen LogP contribution in [0.15, 0.2) is 48.0 Å². The average Bonchev–Trinajstić information content (AvgIpc) is 3.43. The lowest BCUT2D eigenvalue weighted by molar-refractivity contribution is 0.0992. The van der Waals surface area contributed by atoms with Crippen LogP contribution in [0.2, 0.25) is 0 Å². The highest BCUT2D eigenvalue weighted by Gasteiger charge is 2.18. The van der Waals surface area contributed by atoms with Gasteiger partial charge < -0.3 is 9.64 Å². The molecule has 0 N–H and O–H groups in total. The average molecular weight is 420 g/mol. The summed E-state index contributed by atoms with van der Waals surface area (Å²) in [5.41, 5.74) is 4.13. The van der Waals surface area contributed by atoms with Gasteiger partial charge in [0.05, 0.1) is 42.2 Å². The summed E-state index contributed by atoms with van der Waals surface area (Å²) in [6.07, 6.45) is 1.98. The normalized spacial score (nSPS) is 14.4. The number of Topliss-reactive ketones (excluding diaryl/α,β-unsaturated/α-hetero) is 1. The van der Waals surface area contributed by atoms with Crippen LogP contribution in [0.3, 0.4) is 0 Å². The maximum Gasteiger partial charge on any atom is 0.168 e. The zero-order chi connectivity index (χ0) is 20.5. The third-order valence-electron chi connectivity index (χ3n) is 5.19. The van der Waals surface area contributed by atoms with Crippen molar-refractivity contribution in [2.45, 2.75) is 13.3 Å². The highest BCUT2D eigenvalue weighted by atomic mass is 32.1. The van der Waals surface area contributed by atoms with Crippen LogP contribution in [0.4, 0.5) is 5.82 Å². The van der Waals surface area contributed by atoms with Crippen LogP contribution in [0.1, 0.15) is 21.1 Å². The van der Waals surface area contributed by atoms with Gasteiger partial charge in [0.25, 0.3) is 0 Å². The van der Waals surface area contributed by atoms with Gasteiger partial charge in [0.15, 0.2) is 11.4 Å². The highest BCUT2D eigenvalue weighted by Crippen LogP contribution is 2.23. The molecule has 3 aromatic heterocycles. The second-order valence-corrected chi connectivity index (χ2v) is 8.30. The molecule has 1 aromatic carbocycles. The SMILES string of the molecule is Cc1nc(-c2ccc(C(=O)Cc3cc(N4CCOCC4)n4nccc4n3)cc2)cs1. The molecule has 8 heteroatoms. The number of hydrogen-bond donors (Lipinski definition) is 0. The molecule has 1 aliphatic heterocycles. The third kappa shape index (κ3) is 3.71. The maximum absolute atomic E-state index is 12.9. The van der Waals surface area contributed by atoms with Crippen LogP contribution in [-0.2, 0) is 11.2 Å². The molecular formula is C22H21N5O2S. The maximum atomic E-state index is 12.9. The fraction of sp³-hybridized carbons (Fsp3) is 0.273. The Morgan fingerprint density at radius 2 is 1.93 bits per heavy atom. The Kier molecular flexibility index (Phi) is 5.02. The molecule has 0 radical (unpaired) electrons. The molecule has 0 saturated carbocycles. The van der Waals surface area contributed by atoms with Gasteiger partial charge >= 0.3 is 0 Å². The molecule has 0 unspecified atom stereocenters. The third-order valence-corrected chi connectivity index (χ3v) is 5.97. The first-order valence-corrected chi connectivity index (χ1v) is 10.8. The van der Waals surface area contributed by atoms with Gasteiger partial charge in [-0.1, -0.05) is 24.3 Å². The van der Waals surface area contributed by atoms with Gasteiger partial charge in [0, 0.05) is 41.7 Å². The number of fused-ring (bicyclic) bond motifs is 1. The molecule has 152 valence electrons. The van der Waals surface area contributed by atoms with E-state index in [4.69, 9.17) is 4.74 Å². The quantitative estimate of drug-likeness (QED) is 0.462. The number of benzene rings is 1. The van der Waals surface area contributed by atoms with Crippen molar-refractivity contribution in [1.82, 2.24) is 19.6 Å². The number of aromatic nitrogens is 4. The number of nitrogens with zero attached hydrogens (tertiary/aromatic N) is 5. The molecule has 5 rings (SSSR count). The predicted octanol–water partition coefficient (Wildman–Crippen LogP) is 3.42. The number of anilines is 1. The minimum absolute atomic E-state index is 0.0419. The number of ketones is 1. The lowest BCUT2D eigenvalue weighted by Crippen LogP contribution is -2.37. The zero-order valence-electron chi connectivity index (χ0n) is 16.6. The van der Waals surface area contributed by atoms with E-state index < -0.39 is 0 Å². The van der Waals surface area contributed by atoms with Crippen molar-refractivity contribution >= 4 is 28.6 Å². The Balaban J connectivity index is 1.39. The number of hydrogen-bond acceptors (Lipinski definition) is 7. The van der Waals surface area contributed by atoms with Crippen LogP contribution in [-0.4, -0.2) is 51.7 Å². The van der Waals surface area contributed by atoms with Gasteiger partial charge in [-0.15, -0.1) is 11.3 Å². The molecule has 4 heterocycles. The summed E-state index contributed by atoms with van der Waals surface area (Å²) in [4.78, 5) is 24.3. The number of ether oxygens (including phenoxy) is 1. The summed E-state index contributed by atoms with van der Waals surface area (Å²) in [6.45, 7) is 4.95. The smallest absolute Gasteiger partial charge is 0.168 e. The summed E-state index contributed by atoms with van der Waals surface area (Å²) in [5, 5.41) is 7.46. The first-order valence-electron chi connectivity index (χ1n) is 9.89. The van der Waals surface area contributed by atoms with Crippen LogP contribution in [0.5, 0.6) is 0 Å². The standard InChI is InChI=1S/C22H21N5O2S/c1-15-24-19(14-30-15)16-2-4-17(5-3-16)20(28)12-18-13-22(26-8-10-29-11-9-26)27-21(25-18)6-7-23-27/h2-7,13-14H,8-12H2,1H3. The van der Waals surface area contributed by atoms with Gasteiger partial charge in [-0.05, 0) is 6.92 Å². The molecule has 4 aromatic rings. The molecule has 7 nitrogen and oxygen atoms in total. The predicted molar refractivity (Wildman–Crippen MR) is 116 cm³/mol. The van der Waals surface area contributed by atoms with Crippen molar-refractivity contribution < 1.29 is 9.53 Å². The summed E-state index contributed by atoms with van der Waals surface area (Å²) in [7, 11) is 0. The molecule has 0 bridgehead atoms. The molecule has 0 spiro atoms. The van der Waals surface area contributed by atoms with Gasteiger partial charge in [0.1, 0.15) is 5.82 Å². The molecular weight excluding hydrogens is 398 g/mol. The van der Waals surface area contributed by atoms with Crippen LogP contribution in [0.25, 0.3) is 16.9 Å². The van der Waals surface area contributed by atoms with Gasteiger partial charge in [-0.2, -0.15) is 9.61 Å². The van der Waals surface area contributed by atoms with Gasteiger partial charge in [-0.3, -0.25) is 4.79 Å². The lowest BCUT2D eigenvalue weighted by Gasteiger charge is -2.29. The van der Waals surface area contributed by atoms with E-state index in [2.05, 4.69) is 20.0 Å². The Hall–Kier alpha value is -3.10. The monoisotopic (exact) mass is 419 g/mol. The van der Waals surface area contributed by atoms with E-state index in [1.165, 1.54) is 0 Å². The van der Waals surface area contributed by atoms with Crippen molar-refractivity contribution in [1.29, 1.82) is 0 Å². The number of morpholine rings is 1. The second-order valence-electron chi connectivity index (χ2n) is 7.24. The number of thiazole rings is 1. The molecule has 0 aliphatic carbocycles. The number of rotatable bonds is 5. The number of carbonyl (C=O) groups excluding carboxylic acids is 1. The van der Waals surface area contributed by atoms with Crippen molar-refractivity contribution in [3.05, 3.63) is 64.2 Å². The van der Waals surface area contributed by atoms with E-state index in [0.29, 0.717) is 18.8 Å². The number of carbonyl (C=O) groups is 1. The van der Waals surface area contributed by atoms with E-state index in [1.54, 1.807) is 17.5 Å². The highest BCUT2D eigenvalue weighted by molar-refractivity contribution is 7.09. The Morgan fingerprint density at radius 3 is 2.67 bits per heavy atom. The van der Waals surface area contributed by atoms with E-state index >= 15 is 0 Å². The number of aryl methyl sites for hydroxylation is 1. The van der Waals surface area contributed by atoms with Gasteiger partial charge in [0.2, 0.25) is 0 Å². The van der Waals surface area contributed by atoms with Crippen molar-refractivity contribution in [3.63, 3.8) is 0 Å². The fourth-order valence-corrected chi connectivity index (χ4v) is 4.27. The Labute approximate surface area is 178 Å². The molecule has 1 saturated heterocycles. The van der Waals surface area contributed by atoms with Gasteiger partial charge in [-0.25, -0.2) is 9.97 Å². The molecule has 1 aliphatic rings. The fourth-order valence-electron chi connectivity index (χ4n) is 3.64. The first-order chi connectivity index (χ1) is 14.7. The topological polar surface area (TPSA) is 72.6 Å². The minimum Gasteiger partial charge on any atom is -0.378 e. The van der Waals surface area contributed by atoms with Crippen molar-refractivity contribution in [2.75, 3.05) is 31.2 Å². The minimum atomic E-state index is 0.0419. The first kappa shape index (κ1) is 18.9. The molecule has 30 heavy (non-hydrogen) atoms. The molecule has 0 amide bonds. The zero-order valence-corrected chi connectivity index (χ0v) is 17.4. The van der Waals surface area contributed by atoms with Crippen molar-refractivity contribution in [2.24, 2.45) is 0 Å². The van der Waals surface area contributed by atoms with E-state index in [-0.39, 0.29) is 12.2 Å². The second kappa shape index (κ2) is 7.97. The summed E-state index contributed by atoms with van der Waals surface area (Å²) in [6, 6.07) is 11.5. The summed E-state index contributed by atoms with van der Waals surface area (Å²) < 4.78 is 7.29. The Morgan fingerprint density at radius 1 is 1.13 bits per heavy atom. The van der Waals surface area contributed by atoms with E-state index in [0.717, 1.165) is 46.5 Å².